The third-order valence-corrected chi connectivity index (χ3v) is 2.39. The quantitative estimate of drug-likeness (QED) is 0.644. The van der Waals surface area contributed by atoms with Gasteiger partial charge in [0.15, 0.2) is 12.4 Å². The second kappa shape index (κ2) is 3.38. The van der Waals surface area contributed by atoms with Crippen molar-refractivity contribution in [2.45, 2.75) is 18.9 Å². The summed E-state index contributed by atoms with van der Waals surface area (Å²) in [6.07, 6.45) is 2.18. The fraction of sp³-hybridized carbons (Fsp3) is 0.300. The Morgan fingerprint density at radius 1 is 1.54 bits per heavy atom. The molecule has 0 bridgehead atoms. The molecule has 0 spiro atoms. The van der Waals surface area contributed by atoms with Crippen LogP contribution in [0.5, 0.6) is 5.75 Å². The lowest BCUT2D eigenvalue weighted by Crippen LogP contribution is -2.23. The van der Waals surface area contributed by atoms with Gasteiger partial charge in [0.1, 0.15) is 5.75 Å². The molecule has 0 amide bonds. The summed E-state index contributed by atoms with van der Waals surface area (Å²) in [7, 11) is 0. The van der Waals surface area contributed by atoms with Crippen molar-refractivity contribution in [1.82, 2.24) is 0 Å². The molecule has 1 aliphatic heterocycles. The molecule has 0 saturated heterocycles. The highest BCUT2D eigenvalue weighted by Crippen LogP contribution is 2.29. The average Bonchev–Trinajstić information content (AvgIpc) is 2.16. The van der Waals surface area contributed by atoms with Gasteiger partial charge in [-0.15, -0.1) is 0 Å². The minimum Gasteiger partial charge on any atom is -0.483 e. The molecule has 1 aromatic rings. The van der Waals surface area contributed by atoms with Crippen LogP contribution in [-0.2, 0) is 11.2 Å². The van der Waals surface area contributed by atoms with E-state index in [4.69, 9.17) is 16.3 Å². The van der Waals surface area contributed by atoms with Gasteiger partial charge in [-0.2, -0.15) is 0 Å². The van der Waals surface area contributed by atoms with Crippen LogP contribution >= 0.6 is 11.6 Å². The molecular weight excluding hydrogens is 188 g/mol. The van der Waals surface area contributed by atoms with Crippen molar-refractivity contribution in [3.8, 4) is 5.75 Å². The summed E-state index contributed by atoms with van der Waals surface area (Å²) in [5, 5.41) is 0.644. The molecule has 68 valence electrons. The van der Waals surface area contributed by atoms with Gasteiger partial charge in [-0.3, -0.25) is 4.79 Å². The fourth-order valence-electron chi connectivity index (χ4n) is 1.46. The molecule has 2 nitrogen and oxygen atoms in total. The molecule has 13 heavy (non-hydrogen) atoms. The fourth-order valence-corrected chi connectivity index (χ4v) is 1.62. The number of carbonyl (C=O) groups is 1. The van der Waals surface area contributed by atoms with Crippen LogP contribution in [0.1, 0.15) is 12.0 Å². The molecule has 0 fully saturated rings. The van der Waals surface area contributed by atoms with Crippen molar-refractivity contribution in [3.05, 3.63) is 28.8 Å². The summed E-state index contributed by atoms with van der Waals surface area (Å²) in [5.41, 5.74) is 1.13. The van der Waals surface area contributed by atoms with Crippen LogP contribution in [-0.4, -0.2) is 12.4 Å². The third kappa shape index (κ3) is 1.68. The van der Waals surface area contributed by atoms with E-state index in [-0.39, 0.29) is 6.10 Å². The zero-order valence-electron chi connectivity index (χ0n) is 7.00. The lowest BCUT2D eigenvalue weighted by atomic mass is 10.0. The van der Waals surface area contributed by atoms with E-state index < -0.39 is 0 Å². The Morgan fingerprint density at radius 3 is 3.15 bits per heavy atom. The van der Waals surface area contributed by atoms with Crippen LogP contribution in [0.15, 0.2) is 18.2 Å². The lowest BCUT2D eigenvalue weighted by molar-refractivity contribution is -0.114. The van der Waals surface area contributed by atoms with E-state index in [9.17, 15) is 4.79 Å². The maximum Gasteiger partial charge on any atom is 0.160 e. The smallest absolute Gasteiger partial charge is 0.160 e. The Morgan fingerprint density at radius 2 is 2.38 bits per heavy atom. The first-order valence-electron chi connectivity index (χ1n) is 4.20. The van der Waals surface area contributed by atoms with Crippen molar-refractivity contribution < 1.29 is 9.53 Å². The zero-order valence-corrected chi connectivity index (χ0v) is 7.75. The number of benzene rings is 1. The Hall–Kier alpha value is -1.02. The maximum atomic E-state index is 10.5. The van der Waals surface area contributed by atoms with Crippen LogP contribution < -0.4 is 4.74 Å². The van der Waals surface area contributed by atoms with Crippen LogP contribution in [0.3, 0.4) is 0 Å². The SMILES string of the molecule is O=CC1CCc2ccc(Cl)cc2O1. The molecule has 1 aromatic carbocycles. The van der Waals surface area contributed by atoms with Gasteiger partial charge in [-0.1, -0.05) is 17.7 Å². The molecule has 3 heteroatoms. The Bertz CT molecular complexity index is 336. The third-order valence-electron chi connectivity index (χ3n) is 2.16. The van der Waals surface area contributed by atoms with E-state index in [1.165, 1.54) is 0 Å². The van der Waals surface area contributed by atoms with Gasteiger partial charge in [0.2, 0.25) is 0 Å². The monoisotopic (exact) mass is 196 g/mol. The number of aryl methyl sites for hydroxylation is 1. The second-order valence-electron chi connectivity index (χ2n) is 3.08. The first kappa shape index (κ1) is 8.57. The van der Waals surface area contributed by atoms with Crippen molar-refractivity contribution in [2.75, 3.05) is 0 Å². The Balaban J connectivity index is 2.32. The summed E-state index contributed by atoms with van der Waals surface area (Å²) in [4.78, 5) is 10.5. The highest BCUT2D eigenvalue weighted by Gasteiger charge is 2.18. The van der Waals surface area contributed by atoms with Crippen LogP contribution in [0, 0.1) is 0 Å². The van der Waals surface area contributed by atoms with Crippen LogP contribution in [0.2, 0.25) is 5.02 Å². The molecule has 0 saturated carbocycles. The molecule has 1 aliphatic rings. The summed E-state index contributed by atoms with van der Waals surface area (Å²) in [6, 6.07) is 5.54. The molecular formula is C10H9ClO2. The molecule has 0 radical (unpaired) electrons. The number of hydrogen-bond donors (Lipinski definition) is 0. The average molecular weight is 197 g/mol. The van der Waals surface area contributed by atoms with E-state index in [0.717, 1.165) is 30.4 Å². The van der Waals surface area contributed by atoms with Crippen molar-refractivity contribution in [2.24, 2.45) is 0 Å². The number of hydrogen-bond acceptors (Lipinski definition) is 2. The first-order chi connectivity index (χ1) is 6.29. The van der Waals surface area contributed by atoms with Gasteiger partial charge < -0.3 is 4.74 Å². The lowest BCUT2D eigenvalue weighted by Gasteiger charge is -2.22. The largest absolute Gasteiger partial charge is 0.483 e. The zero-order chi connectivity index (χ0) is 9.26. The highest BCUT2D eigenvalue weighted by atomic mass is 35.5. The molecule has 0 aliphatic carbocycles. The predicted molar refractivity (Wildman–Crippen MR) is 50.3 cm³/mol. The van der Waals surface area contributed by atoms with E-state index in [0.29, 0.717) is 5.02 Å². The molecule has 2 rings (SSSR count). The topological polar surface area (TPSA) is 26.3 Å². The molecule has 0 aromatic heterocycles. The van der Waals surface area contributed by atoms with Crippen LogP contribution in [0.4, 0.5) is 0 Å². The number of aldehydes is 1. The number of rotatable bonds is 1. The Labute approximate surface area is 81.5 Å². The van der Waals surface area contributed by atoms with Crippen molar-refractivity contribution in [3.63, 3.8) is 0 Å². The number of ether oxygens (including phenoxy) is 1. The minimum absolute atomic E-state index is 0.300. The first-order valence-corrected chi connectivity index (χ1v) is 4.58. The summed E-state index contributed by atoms with van der Waals surface area (Å²) >= 11 is 5.80. The number of fused-ring (bicyclic) bond motifs is 1. The Kier molecular flexibility index (Phi) is 2.23. The van der Waals surface area contributed by atoms with Gasteiger partial charge >= 0.3 is 0 Å². The number of carbonyl (C=O) groups excluding carboxylic acids is 1. The van der Waals surface area contributed by atoms with Crippen molar-refractivity contribution >= 4 is 17.9 Å². The van der Waals surface area contributed by atoms with Gasteiger partial charge in [-0.05, 0) is 30.5 Å². The van der Waals surface area contributed by atoms with Gasteiger partial charge in [0, 0.05) is 5.02 Å². The highest BCUT2D eigenvalue weighted by molar-refractivity contribution is 6.30. The minimum atomic E-state index is -0.300. The summed E-state index contributed by atoms with van der Waals surface area (Å²) in [5.74, 6) is 0.746. The van der Waals surface area contributed by atoms with Gasteiger partial charge in [0.05, 0.1) is 0 Å². The summed E-state index contributed by atoms with van der Waals surface area (Å²) < 4.78 is 5.41. The molecule has 0 N–H and O–H groups in total. The standard InChI is InChI=1S/C10H9ClO2/c11-8-3-1-7-2-4-9(6-12)13-10(7)5-8/h1,3,5-6,9H,2,4H2. The molecule has 1 heterocycles. The van der Waals surface area contributed by atoms with E-state index >= 15 is 0 Å². The van der Waals surface area contributed by atoms with E-state index in [1.54, 1.807) is 6.07 Å². The molecule has 1 atom stereocenters. The second-order valence-corrected chi connectivity index (χ2v) is 3.52. The summed E-state index contributed by atoms with van der Waals surface area (Å²) in [6.45, 7) is 0. The van der Waals surface area contributed by atoms with E-state index in [1.807, 2.05) is 12.1 Å². The van der Waals surface area contributed by atoms with Gasteiger partial charge in [-0.25, -0.2) is 0 Å². The maximum absolute atomic E-state index is 10.5. The normalized spacial score (nSPS) is 20.2. The van der Waals surface area contributed by atoms with Crippen molar-refractivity contribution in [1.29, 1.82) is 0 Å². The van der Waals surface area contributed by atoms with Crippen LogP contribution in [0.25, 0.3) is 0 Å². The van der Waals surface area contributed by atoms with E-state index in [2.05, 4.69) is 0 Å². The van der Waals surface area contributed by atoms with Gasteiger partial charge in [0.25, 0.3) is 0 Å². The number of halogens is 1. The predicted octanol–water partition coefficient (Wildman–Crippen LogP) is 2.23. The molecule has 1 unspecified atom stereocenters.